The summed E-state index contributed by atoms with van der Waals surface area (Å²) in [6.07, 6.45) is 1.73. The molecule has 0 aliphatic rings. The van der Waals surface area contributed by atoms with Crippen molar-refractivity contribution in [1.29, 1.82) is 5.26 Å². The van der Waals surface area contributed by atoms with Gasteiger partial charge in [0.25, 0.3) is 0 Å². The van der Waals surface area contributed by atoms with Crippen LogP contribution >= 0.6 is 28.1 Å². The van der Waals surface area contributed by atoms with Crippen molar-refractivity contribution in [2.75, 3.05) is 0 Å². The fourth-order valence-electron chi connectivity index (χ4n) is 2.11. The van der Waals surface area contributed by atoms with Gasteiger partial charge >= 0.3 is 0 Å². The maximum Gasteiger partial charge on any atom is 0.184 e. The molecule has 0 saturated carbocycles. The molecule has 3 rings (SSSR count). The lowest BCUT2D eigenvalue weighted by Crippen LogP contribution is -1.99. The van der Waals surface area contributed by atoms with Crippen molar-refractivity contribution in [2.24, 2.45) is 0 Å². The van der Waals surface area contributed by atoms with Gasteiger partial charge in [0, 0.05) is 10.7 Å². The first kappa shape index (κ1) is 13.0. The van der Waals surface area contributed by atoms with Crippen molar-refractivity contribution in [3.05, 3.63) is 50.8 Å². The van der Waals surface area contributed by atoms with Gasteiger partial charge in [0.05, 0.1) is 22.8 Å². The van der Waals surface area contributed by atoms with Crippen LogP contribution in [0.25, 0.3) is 16.9 Å². The Kier molecular flexibility index (Phi) is 3.16. The Morgan fingerprint density at radius 1 is 1.40 bits per heavy atom. The fraction of sp³-hybridized carbons (Fsp3) is 0.0714. The average molecular weight is 345 g/mol. The van der Waals surface area contributed by atoms with E-state index in [-0.39, 0.29) is 0 Å². The normalized spacial score (nSPS) is 10.7. The molecular formula is C14H9BrN4S. The first-order valence-corrected chi connectivity index (χ1v) is 7.07. The van der Waals surface area contributed by atoms with Crippen LogP contribution < -0.4 is 0 Å². The molecule has 2 aromatic heterocycles. The van der Waals surface area contributed by atoms with Gasteiger partial charge in [-0.05, 0) is 58.8 Å². The Hall–Kier alpha value is -1.97. The van der Waals surface area contributed by atoms with E-state index in [9.17, 15) is 0 Å². The van der Waals surface area contributed by atoms with Gasteiger partial charge in [-0.1, -0.05) is 6.07 Å². The lowest BCUT2D eigenvalue weighted by Gasteiger charge is -2.08. The number of aryl methyl sites for hydroxylation is 1. The minimum atomic E-state index is 0.559. The molecule has 4 nitrogen and oxygen atoms in total. The summed E-state index contributed by atoms with van der Waals surface area (Å²) in [6, 6.07) is 9.60. The van der Waals surface area contributed by atoms with E-state index in [1.165, 1.54) is 0 Å². The molecule has 6 heteroatoms. The number of halogens is 1. The Labute approximate surface area is 128 Å². The van der Waals surface area contributed by atoms with E-state index >= 15 is 0 Å². The van der Waals surface area contributed by atoms with Gasteiger partial charge in [-0.25, -0.2) is 4.98 Å². The first-order valence-electron chi connectivity index (χ1n) is 5.87. The smallest absolute Gasteiger partial charge is 0.184 e. The Morgan fingerprint density at radius 3 is 2.95 bits per heavy atom. The second-order valence-corrected chi connectivity index (χ2v) is 5.71. The number of pyridine rings is 1. The number of nitrogens with zero attached hydrogens (tertiary/aromatic N) is 3. The minimum absolute atomic E-state index is 0.559. The van der Waals surface area contributed by atoms with Crippen LogP contribution in [0.2, 0.25) is 0 Å². The number of fused-ring (bicyclic) bond motifs is 1. The summed E-state index contributed by atoms with van der Waals surface area (Å²) in [6.45, 7) is 1.98. The molecule has 0 unspecified atom stereocenters. The van der Waals surface area contributed by atoms with E-state index in [1.54, 1.807) is 12.3 Å². The second-order valence-electron chi connectivity index (χ2n) is 4.40. The molecule has 0 fully saturated rings. The van der Waals surface area contributed by atoms with Crippen LogP contribution in [-0.2, 0) is 0 Å². The summed E-state index contributed by atoms with van der Waals surface area (Å²) in [7, 11) is 0. The van der Waals surface area contributed by atoms with Crippen LogP contribution in [0.4, 0.5) is 0 Å². The Morgan fingerprint density at radius 2 is 2.20 bits per heavy atom. The average Bonchev–Trinajstić information content (AvgIpc) is 2.74. The van der Waals surface area contributed by atoms with Gasteiger partial charge in [0.1, 0.15) is 0 Å². The molecule has 0 aliphatic heterocycles. The molecule has 20 heavy (non-hydrogen) atoms. The summed E-state index contributed by atoms with van der Waals surface area (Å²) in [5.74, 6) is 0. The van der Waals surface area contributed by atoms with Gasteiger partial charge in [0.15, 0.2) is 10.4 Å². The molecule has 1 N–H and O–H groups in total. The van der Waals surface area contributed by atoms with Crippen molar-refractivity contribution in [2.45, 2.75) is 6.92 Å². The van der Waals surface area contributed by atoms with E-state index in [0.717, 1.165) is 26.9 Å². The predicted molar refractivity (Wildman–Crippen MR) is 83.4 cm³/mol. The summed E-state index contributed by atoms with van der Waals surface area (Å²) < 4.78 is 3.30. The fourth-order valence-corrected chi connectivity index (χ4v) is 2.74. The van der Waals surface area contributed by atoms with Crippen molar-refractivity contribution in [1.82, 2.24) is 14.5 Å². The molecule has 0 radical (unpaired) electrons. The lowest BCUT2D eigenvalue weighted by atomic mass is 10.1. The third-order valence-corrected chi connectivity index (χ3v) is 3.79. The molecule has 3 aromatic rings. The highest BCUT2D eigenvalue weighted by Gasteiger charge is 2.11. The SMILES string of the molecule is Cc1ccc(C#N)cc1-n1c(=S)[nH]c2cc(Br)cnc21. The maximum absolute atomic E-state index is 9.05. The van der Waals surface area contributed by atoms with Gasteiger partial charge in [0.2, 0.25) is 0 Å². The number of nitriles is 1. The van der Waals surface area contributed by atoms with Crippen LogP contribution in [0.1, 0.15) is 11.1 Å². The van der Waals surface area contributed by atoms with Crippen LogP contribution in [-0.4, -0.2) is 14.5 Å². The molecular weight excluding hydrogens is 336 g/mol. The number of aromatic nitrogens is 3. The Balaban J connectivity index is 2.38. The second kappa shape index (κ2) is 4.85. The molecule has 0 amide bonds. The van der Waals surface area contributed by atoms with Gasteiger partial charge in [-0.15, -0.1) is 0 Å². The van der Waals surface area contributed by atoms with Gasteiger partial charge < -0.3 is 4.98 Å². The number of hydrogen-bond acceptors (Lipinski definition) is 3. The summed E-state index contributed by atoms with van der Waals surface area (Å²) in [5.41, 5.74) is 4.10. The molecule has 0 atom stereocenters. The number of rotatable bonds is 1. The molecule has 98 valence electrons. The van der Waals surface area contributed by atoms with E-state index in [0.29, 0.717) is 10.3 Å². The predicted octanol–water partition coefficient (Wildman–Crippen LogP) is 4.03. The zero-order chi connectivity index (χ0) is 14.3. The van der Waals surface area contributed by atoms with Crippen molar-refractivity contribution >= 4 is 39.3 Å². The number of imidazole rings is 1. The lowest BCUT2D eigenvalue weighted by molar-refractivity contribution is 1.03. The van der Waals surface area contributed by atoms with E-state index in [2.05, 4.69) is 32.0 Å². The van der Waals surface area contributed by atoms with Crippen molar-refractivity contribution in [3.63, 3.8) is 0 Å². The highest BCUT2D eigenvalue weighted by atomic mass is 79.9. The molecule has 2 heterocycles. The van der Waals surface area contributed by atoms with Crippen LogP contribution in [0.3, 0.4) is 0 Å². The minimum Gasteiger partial charge on any atom is -0.329 e. The zero-order valence-electron chi connectivity index (χ0n) is 10.5. The number of hydrogen-bond donors (Lipinski definition) is 1. The van der Waals surface area contributed by atoms with Crippen LogP contribution in [0.15, 0.2) is 34.9 Å². The van der Waals surface area contributed by atoms with E-state index in [1.807, 2.05) is 29.7 Å². The van der Waals surface area contributed by atoms with Crippen LogP contribution in [0, 0.1) is 23.0 Å². The standard InChI is InChI=1S/C14H9BrN4S/c1-8-2-3-9(6-16)4-12(8)19-13-11(18-14(19)20)5-10(15)7-17-13/h2-5,7H,1H3,(H,18,20). The highest BCUT2D eigenvalue weighted by Crippen LogP contribution is 2.23. The summed E-state index contributed by atoms with van der Waals surface area (Å²) in [4.78, 5) is 7.54. The summed E-state index contributed by atoms with van der Waals surface area (Å²) >= 11 is 8.78. The van der Waals surface area contributed by atoms with E-state index < -0.39 is 0 Å². The number of H-pyrrole nitrogens is 1. The monoisotopic (exact) mass is 344 g/mol. The zero-order valence-corrected chi connectivity index (χ0v) is 12.9. The third-order valence-electron chi connectivity index (χ3n) is 3.07. The van der Waals surface area contributed by atoms with Gasteiger partial charge in [-0.3, -0.25) is 4.57 Å². The van der Waals surface area contributed by atoms with Crippen molar-refractivity contribution < 1.29 is 0 Å². The van der Waals surface area contributed by atoms with Crippen molar-refractivity contribution in [3.8, 4) is 11.8 Å². The number of benzene rings is 1. The molecule has 0 bridgehead atoms. The highest BCUT2D eigenvalue weighted by molar-refractivity contribution is 9.10. The first-order chi connectivity index (χ1) is 9.60. The number of aromatic amines is 1. The third kappa shape index (κ3) is 2.05. The Bertz CT molecular complexity index is 917. The maximum atomic E-state index is 9.05. The quantitative estimate of drug-likeness (QED) is 0.678. The molecule has 0 aliphatic carbocycles. The molecule has 1 aromatic carbocycles. The largest absolute Gasteiger partial charge is 0.329 e. The molecule has 0 spiro atoms. The summed E-state index contributed by atoms with van der Waals surface area (Å²) in [5, 5.41) is 9.05. The van der Waals surface area contributed by atoms with Gasteiger partial charge in [-0.2, -0.15) is 5.26 Å². The molecule has 0 saturated heterocycles. The topological polar surface area (TPSA) is 57.4 Å². The van der Waals surface area contributed by atoms with E-state index in [4.69, 9.17) is 17.5 Å². The number of nitrogens with one attached hydrogen (secondary N) is 1. The van der Waals surface area contributed by atoms with Crippen LogP contribution in [0.5, 0.6) is 0 Å².